The zero-order chi connectivity index (χ0) is 27.4. The third kappa shape index (κ3) is 5.65. The number of aryl methyl sites for hydroxylation is 1. The Kier molecular flexibility index (Phi) is 8.18. The maximum absolute atomic E-state index is 13.9. The lowest BCUT2D eigenvalue weighted by atomic mass is 9.90. The molecule has 0 saturated heterocycles. The third-order valence-corrected chi connectivity index (χ3v) is 9.23. The molecule has 5 rings (SSSR count). The van der Waals surface area contributed by atoms with Crippen LogP contribution in [0.3, 0.4) is 0 Å². The second-order valence-electron chi connectivity index (χ2n) is 10.4. The van der Waals surface area contributed by atoms with Crippen LogP contribution in [0, 0.1) is 0 Å². The molecule has 39 heavy (non-hydrogen) atoms. The fourth-order valence-electron chi connectivity index (χ4n) is 5.43. The molecule has 8 nitrogen and oxygen atoms in total. The Bertz CT molecular complexity index is 1570. The van der Waals surface area contributed by atoms with Crippen LogP contribution in [0.2, 0.25) is 0 Å². The number of hydrogen-bond donors (Lipinski definition) is 1. The largest absolute Gasteiger partial charge is 0.332 e. The Morgan fingerprint density at radius 3 is 2.18 bits per heavy atom. The fraction of sp³-hybridized carbons (Fsp3) is 0.400. The lowest BCUT2D eigenvalue weighted by Crippen LogP contribution is -2.41. The lowest BCUT2D eigenvalue weighted by molar-refractivity contribution is 0.0969. The fourth-order valence-corrected chi connectivity index (χ4v) is 6.79. The first-order valence-corrected chi connectivity index (χ1v) is 14.5. The Morgan fingerprint density at radius 1 is 0.923 bits per heavy atom. The van der Waals surface area contributed by atoms with E-state index in [9.17, 15) is 14.4 Å². The van der Waals surface area contributed by atoms with Crippen LogP contribution in [0.1, 0.15) is 60.9 Å². The van der Waals surface area contributed by atoms with Gasteiger partial charge in [0.2, 0.25) is 0 Å². The molecule has 9 heteroatoms. The number of fused-ring (bicyclic) bond motifs is 1. The van der Waals surface area contributed by atoms with Gasteiger partial charge in [-0.3, -0.25) is 18.7 Å². The van der Waals surface area contributed by atoms with Crippen LogP contribution >= 0.6 is 11.8 Å². The topological polar surface area (TPSA) is 105 Å². The number of ketones is 1. The summed E-state index contributed by atoms with van der Waals surface area (Å²) in [6, 6.07) is 18.6. The number of carbonyl (C=O) groups excluding carboxylic acids is 1. The van der Waals surface area contributed by atoms with Crippen molar-refractivity contribution in [2.24, 2.45) is 12.8 Å². The molecule has 1 saturated carbocycles. The molecule has 2 aromatic carbocycles. The van der Waals surface area contributed by atoms with Crippen molar-refractivity contribution in [1.82, 2.24) is 18.7 Å². The predicted molar refractivity (Wildman–Crippen MR) is 156 cm³/mol. The molecule has 204 valence electrons. The highest BCUT2D eigenvalue weighted by molar-refractivity contribution is 8.00. The molecule has 1 aliphatic carbocycles. The monoisotopic (exact) mass is 545 g/mol. The van der Waals surface area contributed by atoms with Gasteiger partial charge in [0.15, 0.2) is 22.1 Å². The van der Waals surface area contributed by atoms with Crippen LogP contribution in [0.25, 0.3) is 11.2 Å². The molecule has 1 aliphatic rings. The second-order valence-corrected chi connectivity index (χ2v) is 11.9. The van der Waals surface area contributed by atoms with E-state index in [1.54, 1.807) is 43.1 Å². The molecule has 0 radical (unpaired) electrons. The van der Waals surface area contributed by atoms with E-state index in [0.29, 0.717) is 35.0 Å². The van der Waals surface area contributed by atoms with Crippen molar-refractivity contribution in [1.29, 1.82) is 0 Å². The summed E-state index contributed by atoms with van der Waals surface area (Å²) in [7, 11) is 1.61. The quantitative estimate of drug-likeness (QED) is 0.330. The Balaban J connectivity index is 1.65. The van der Waals surface area contributed by atoms with Crippen LogP contribution in [0.4, 0.5) is 0 Å². The molecular weight excluding hydrogens is 510 g/mol. The number of nitrogens with two attached hydrogens (primary N) is 1. The van der Waals surface area contributed by atoms with Gasteiger partial charge in [-0.15, -0.1) is 0 Å². The summed E-state index contributed by atoms with van der Waals surface area (Å²) in [5.41, 5.74) is 7.45. The minimum atomic E-state index is -0.558. The van der Waals surface area contributed by atoms with Gasteiger partial charge >= 0.3 is 5.69 Å². The first kappa shape index (κ1) is 27.1. The van der Waals surface area contributed by atoms with Crippen molar-refractivity contribution in [3.8, 4) is 0 Å². The molecule has 2 N–H and O–H groups in total. The number of carbonyl (C=O) groups is 1. The standard InChI is InChI=1S/C30H35N5O3S/c1-33-26-25(27(37)35(29(33)38)20-24(36)23-15-9-6-10-16-23)34(19-22-13-7-5-8-14-22)28(32-26)39-30(21-31)17-11-3-2-4-12-18-30/h5-10,13-16H,2-4,11-12,17-21,31H2,1H3. The molecule has 1 fully saturated rings. The van der Waals surface area contributed by atoms with Crippen LogP contribution in [0.15, 0.2) is 75.4 Å². The van der Waals surface area contributed by atoms with Crippen LogP contribution in [-0.2, 0) is 20.1 Å². The molecular formula is C30H35N5O3S. The number of aromatic nitrogens is 4. The highest BCUT2D eigenvalue weighted by Gasteiger charge is 2.33. The van der Waals surface area contributed by atoms with Gasteiger partial charge in [0.05, 0.1) is 13.1 Å². The van der Waals surface area contributed by atoms with Crippen molar-refractivity contribution in [2.45, 2.75) is 67.9 Å². The van der Waals surface area contributed by atoms with Gasteiger partial charge in [-0.2, -0.15) is 0 Å². The number of rotatable bonds is 8. The predicted octanol–water partition coefficient (Wildman–Crippen LogP) is 4.36. The summed E-state index contributed by atoms with van der Waals surface area (Å²) in [6.45, 7) is 0.596. The molecule has 0 spiro atoms. The minimum Gasteiger partial charge on any atom is -0.329 e. The highest BCUT2D eigenvalue weighted by atomic mass is 32.2. The number of benzene rings is 2. The van der Waals surface area contributed by atoms with Crippen molar-refractivity contribution in [2.75, 3.05) is 6.54 Å². The van der Waals surface area contributed by atoms with Crippen molar-refractivity contribution < 1.29 is 4.79 Å². The molecule has 0 aliphatic heterocycles. The first-order valence-electron chi connectivity index (χ1n) is 13.6. The molecule has 0 atom stereocenters. The normalized spacial score (nSPS) is 15.6. The van der Waals surface area contributed by atoms with E-state index in [1.807, 2.05) is 41.0 Å². The molecule has 0 unspecified atom stereocenters. The van der Waals surface area contributed by atoms with Crippen molar-refractivity contribution in [3.63, 3.8) is 0 Å². The van der Waals surface area contributed by atoms with Crippen molar-refractivity contribution in [3.05, 3.63) is 92.6 Å². The summed E-state index contributed by atoms with van der Waals surface area (Å²) in [4.78, 5) is 45.2. The SMILES string of the molecule is Cn1c(=O)n(CC(=O)c2ccccc2)c(=O)c2c1nc(SC1(CN)CCCCCCC1)n2Cc1ccccc1. The van der Waals surface area contributed by atoms with Gasteiger partial charge in [-0.05, 0) is 18.4 Å². The van der Waals surface area contributed by atoms with Crippen LogP contribution < -0.4 is 17.0 Å². The number of Topliss-reactive ketones (excluding diaryl/α,β-unsaturated/α-hetero) is 1. The van der Waals surface area contributed by atoms with E-state index >= 15 is 0 Å². The smallest absolute Gasteiger partial charge is 0.329 e. The molecule has 0 bridgehead atoms. The molecule has 4 aromatic rings. The highest BCUT2D eigenvalue weighted by Crippen LogP contribution is 2.42. The molecule has 2 aromatic heterocycles. The van der Waals surface area contributed by atoms with E-state index < -0.39 is 11.2 Å². The maximum Gasteiger partial charge on any atom is 0.332 e. The maximum atomic E-state index is 13.9. The van der Waals surface area contributed by atoms with Crippen LogP contribution in [0.5, 0.6) is 0 Å². The summed E-state index contributed by atoms with van der Waals surface area (Å²) in [6.07, 6.45) is 7.82. The van der Waals surface area contributed by atoms with Gasteiger partial charge in [0.1, 0.15) is 0 Å². The van der Waals surface area contributed by atoms with E-state index in [2.05, 4.69) is 0 Å². The third-order valence-electron chi connectivity index (χ3n) is 7.72. The van der Waals surface area contributed by atoms with E-state index in [-0.39, 0.29) is 17.1 Å². The lowest BCUT2D eigenvalue weighted by Gasteiger charge is -2.33. The van der Waals surface area contributed by atoms with Crippen molar-refractivity contribution >= 4 is 28.7 Å². The zero-order valence-corrected chi connectivity index (χ0v) is 23.2. The number of nitrogens with zero attached hydrogens (tertiary/aromatic N) is 4. The van der Waals surface area contributed by atoms with E-state index in [4.69, 9.17) is 10.7 Å². The van der Waals surface area contributed by atoms with Crippen LogP contribution in [-0.4, -0.2) is 35.8 Å². The van der Waals surface area contributed by atoms with Gasteiger partial charge in [0, 0.05) is 23.9 Å². The molecule has 0 amide bonds. The Hall–Kier alpha value is -3.43. The number of hydrogen-bond acceptors (Lipinski definition) is 6. The van der Waals surface area contributed by atoms with Gasteiger partial charge in [-0.25, -0.2) is 9.78 Å². The van der Waals surface area contributed by atoms with Gasteiger partial charge in [0.25, 0.3) is 5.56 Å². The van der Waals surface area contributed by atoms with Gasteiger partial charge < -0.3 is 10.3 Å². The van der Waals surface area contributed by atoms with E-state index in [0.717, 1.165) is 35.8 Å². The first-order chi connectivity index (χ1) is 18.9. The summed E-state index contributed by atoms with van der Waals surface area (Å²) >= 11 is 1.64. The summed E-state index contributed by atoms with van der Waals surface area (Å²) in [5, 5.41) is 0.680. The number of thioether (sulfide) groups is 1. The Morgan fingerprint density at radius 2 is 1.54 bits per heavy atom. The second kappa shape index (κ2) is 11.8. The zero-order valence-electron chi connectivity index (χ0n) is 22.3. The molecule has 2 heterocycles. The average Bonchev–Trinajstić information content (AvgIpc) is 3.30. The van der Waals surface area contributed by atoms with Gasteiger partial charge in [-0.1, -0.05) is 105 Å². The van der Waals surface area contributed by atoms with E-state index in [1.165, 1.54) is 23.8 Å². The minimum absolute atomic E-state index is 0.183. The number of imidazole rings is 1. The summed E-state index contributed by atoms with van der Waals surface area (Å²) < 4.78 is 4.14. The summed E-state index contributed by atoms with van der Waals surface area (Å²) in [5.74, 6) is -0.297. The Labute approximate surface area is 231 Å². The average molecular weight is 546 g/mol.